The first-order chi connectivity index (χ1) is 7.69. The Balaban J connectivity index is 2.92. The third-order valence-electron chi connectivity index (χ3n) is 2.81. The second kappa shape index (κ2) is 6.03. The molecule has 1 heterocycles. The van der Waals surface area contributed by atoms with Crippen LogP contribution in [0.3, 0.4) is 0 Å². The zero-order valence-corrected chi connectivity index (χ0v) is 9.61. The van der Waals surface area contributed by atoms with Crippen LogP contribution >= 0.6 is 0 Å². The fraction of sp³-hybridized carbons (Fsp3) is 1.00. The van der Waals surface area contributed by atoms with E-state index in [9.17, 15) is 5.11 Å². The standard InChI is InChI=1S/C9H17N3O4/c1-5-7(11-12-10)9(15-3)8(14-2)6(4-13)16-5/h5-9,13H,4H2,1-3H3/t5?,6?,7?,8-,9+/m0/s1. The molecule has 1 aliphatic heterocycles. The molecule has 16 heavy (non-hydrogen) atoms. The van der Waals surface area contributed by atoms with Gasteiger partial charge in [-0.3, -0.25) is 0 Å². The van der Waals surface area contributed by atoms with Crippen molar-refractivity contribution in [2.24, 2.45) is 5.11 Å². The van der Waals surface area contributed by atoms with Gasteiger partial charge in [0.25, 0.3) is 0 Å². The third-order valence-corrected chi connectivity index (χ3v) is 2.81. The minimum Gasteiger partial charge on any atom is -0.394 e. The summed E-state index contributed by atoms with van der Waals surface area (Å²) in [5.74, 6) is 0. The molecule has 7 nitrogen and oxygen atoms in total. The summed E-state index contributed by atoms with van der Waals surface area (Å²) in [7, 11) is 3.02. The average Bonchev–Trinajstić information content (AvgIpc) is 2.30. The van der Waals surface area contributed by atoms with Gasteiger partial charge in [0.1, 0.15) is 12.2 Å². The van der Waals surface area contributed by atoms with Gasteiger partial charge in [-0.05, 0) is 12.5 Å². The highest BCUT2D eigenvalue weighted by molar-refractivity contribution is 4.96. The maximum absolute atomic E-state index is 9.18. The molecule has 0 radical (unpaired) electrons. The molecule has 0 bridgehead atoms. The summed E-state index contributed by atoms with van der Waals surface area (Å²) in [5.41, 5.74) is 8.49. The van der Waals surface area contributed by atoms with E-state index < -0.39 is 24.4 Å². The van der Waals surface area contributed by atoms with Crippen molar-refractivity contribution in [1.29, 1.82) is 0 Å². The predicted molar refractivity (Wildman–Crippen MR) is 55.9 cm³/mol. The summed E-state index contributed by atoms with van der Waals surface area (Å²) in [6, 6.07) is -0.456. The van der Waals surface area contributed by atoms with Gasteiger partial charge in [0.15, 0.2) is 0 Å². The Labute approximate surface area is 93.9 Å². The molecule has 1 saturated heterocycles. The number of aliphatic hydroxyl groups excluding tert-OH is 1. The Bertz CT molecular complexity index is 269. The van der Waals surface area contributed by atoms with Crippen LogP contribution in [0.15, 0.2) is 5.11 Å². The summed E-state index contributed by atoms with van der Waals surface area (Å²) >= 11 is 0. The highest BCUT2D eigenvalue weighted by Gasteiger charge is 2.44. The second-order valence-corrected chi connectivity index (χ2v) is 3.66. The maximum atomic E-state index is 9.18. The van der Waals surface area contributed by atoms with Crippen molar-refractivity contribution in [2.75, 3.05) is 20.8 Å². The van der Waals surface area contributed by atoms with Crippen LogP contribution in [0.4, 0.5) is 0 Å². The molecule has 1 fully saturated rings. The third kappa shape index (κ3) is 2.45. The van der Waals surface area contributed by atoms with E-state index in [1.54, 1.807) is 6.92 Å². The van der Waals surface area contributed by atoms with Crippen LogP contribution in [0.1, 0.15) is 6.92 Å². The second-order valence-electron chi connectivity index (χ2n) is 3.66. The largest absolute Gasteiger partial charge is 0.394 e. The fourth-order valence-corrected chi connectivity index (χ4v) is 2.03. The van der Waals surface area contributed by atoms with Crippen molar-refractivity contribution in [3.63, 3.8) is 0 Å². The number of hydrogen-bond acceptors (Lipinski definition) is 5. The number of nitrogens with zero attached hydrogens (tertiary/aromatic N) is 3. The van der Waals surface area contributed by atoms with Crippen LogP contribution in [-0.2, 0) is 14.2 Å². The summed E-state index contributed by atoms with van der Waals surface area (Å²) in [6.45, 7) is 1.62. The first kappa shape index (κ1) is 13.2. The van der Waals surface area contributed by atoms with Crippen molar-refractivity contribution in [2.45, 2.75) is 37.4 Å². The first-order valence-electron chi connectivity index (χ1n) is 5.05. The van der Waals surface area contributed by atoms with Crippen molar-refractivity contribution in [3.05, 3.63) is 10.4 Å². The zero-order valence-electron chi connectivity index (χ0n) is 9.61. The maximum Gasteiger partial charge on any atom is 0.112 e. The van der Waals surface area contributed by atoms with Gasteiger partial charge < -0.3 is 19.3 Å². The van der Waals surface area contributed by atoms with Crippen LogP contribution in [0.25, 0.3) is 10.4 Å². The Hall–Kier alpha value is -0.850. The van der Waals surface area contributed by atoms with Gasteiger partial charge in [-0.15, -0.1) is 0 Å². The number of aliphatic hydroxyl groups is 1. The Kier molecular flexibility index (Phi) is 4.98. The lowest BCUT2D eigenvalue weighted by atomic mass is 9.94. The molecular weight excluding hydrogens is 214 g/mol. The highest BCUT2D eigenvalue weighted by atomic mass is 16.6. The predicted octanol–water partition coefficient (Wildman–Crippen LogP) is 0.475. The van der Waals surface area contributed by atoms with E-state index in [0.717, 1.165) is 0 Å². The minimum absolute atomic E-state index is 0.161. The molecule has 0 aromatic rings. The fourth-order valence-electron chi connectivity index (χ4n) is 2.03. The van der Waals surface area contributed by atoms with Crippen LogP contribution in [0, 0.1) is 0 Å². The van der Waals surface area contributed by atoms with Crippen molar-refractivity contribution < 1.29 is 19.3 Å². The molecule has 0 aromatic heterocycles. The lowest BCUT2D eigenvalue weighted by Crippen LogP contribution is -2.58. The summed E-state index contributed by atoms with van der Waals surface area (Å²) in [6.07, 6.45) is -1.64. The molecule has 1 N–H and O–H groups in total. The first-order valence-corrected chi connectivity index (χ1v) is 5.05. The molecule has 1 rings (SSSR count). The smallest absolute Gasteiger partial charge is 0.112 e. The Morgan fingerprint density at radius 3 is 2.44 bits per heavy atom. The quantitative estimate of drug-likeness (QED) is 0.432. The molecule has 0 spiro atoms. The Morgan fingerprint density at radius 2 is 2.00 bits per heavy atom. The van der Waals surface area contributed by atoms with Gasteiger partial charge in [-0.2, -0.15) is 0 Å². The van der Waals surface area contributed by atoms with E-state index in [1.165, 1.54) is 14.2 Å². The number of rotatable bonds is 4. The lowest BCUT2D eigenvalue weighted by molar-refractivity contribution is -0.200. The lowest BCUT2D eigenvalue weighted by Gasteiger charge is -2.42. The van der Waals surface area contributed by atoms with E-state index >= 15 is 0 Å². The van der Waals surface area contributed by atoms with Gasteiger partial charge in [0.2, 0.25) is 0 Å². The molecule has 92 valence electrons. The molecular formula is C9H17N3O4. The molecule has 5 atom stereocenters. The monoisotopic (exact) mass is 231 g/mol. The number of ether oxygens (including phenoxy) is 3. The average molecular weight is 231 g/mol. The summed E-state index contributed by atoms with van der Waals surface area (Å²) < 4.78 is 16.0. The van der Waals surface area contributed by atoms with Gasteiger partial charge in [-0.25, -0.2) is 0 Å². The van der Waals surface area contributed by atoms with Crippen molar-refractivity contribution in [3.8, 4) is 0 Å². The molecule has 0 aliphatic carbocycles. The normalized spacial score (nSPS) is 39.1. The highest BCUT2D eigenvalue weighted by Crippen LogP contribution is 2.27. The van der Waals surface area contributed by atoms with Gasteiger partial charge in [-0.1, -0.05) is 5.11 Å². The van der Waals surface area contributed by atoms with E-state index in [0.29, 0.717) is 0 Å². The van der Waals surface area contributed by atoms with E-state index in [4.69, 9.17) is 19.7 Å². The van der Waals surface area contributed by atoms with Crippen LogP contribution in [0.5, 0.6) is 0 Å². The summed E-state index contributed by atoms with van der Waals surface area (Å²) in [4.78, 5) is 2.77. The molecule has 1 aliphatic rings. The van der Waals surface area contributed by atoms with Crippen LogP contribution < -0.4 is 0 Å². The van der Waals surface area contributed by atoms with Gasteiger partial charge >= 0.3 is 0 Å². The number of methoxy groups -OCH3 is 2. The van der Waals surface area contributed by atoms with Crippen molar-refractivity contribution in [1.82, 2.24) is 0 Å². The topological polar surface area (TPSA) is 96.7 Å². The van der Waals surface area contributed by atoms with Gasteiger partial charge in [0, 0.05) is 19.1 Å². The molecule has 3 unspecified atom stereocenters. The van der Waals surface area contributed by atoms with Gasteiger partial charge in [0.05, 0.1) is 24.9 Å². The van der Waals surface area contributed by atoms with E-state index in [-0.39, 0.29) is 12.7 Å². The number of hydrogen-bond donors (Lipinski definition) is 1. The SMILES string of the molecule is CO[C@@H]1C(N=[N+]=[N-])C(C)OC(CO)[C@@H]1OC. The molecule has 0 saturated carbocycles. The van der Waals surface area contributed by atoms with E-state index in [2.05, 4.69) is 10.0 Å². The minimum atomic E-state index is -0.463. The molecule has 7 heteroatoms. The number of azide groups is 1. The van der Waals surface area contributed by atoms with Crippen LogP contribution in [-0.4, -0.2) is 56.4 Å². The zero-order chi connectivity index (χ0) is 12.1. The Morgan fingerprint density at radius 1 is 1.38 bits per heavy atom. The van der Waals surface area contributed by atoms with Crippen molar-refractivity contribution >= 4 is 0 Å². The van der Waals surface area contributed by atoms with Crippen LogP contribution in [0.2, 0.25) is 0 Å². The molecule has 0 aromatic carbocycles. The molecule has 0 amide bonds. The summed E-state index contributed by atoms with van der Waals surface area (Å²) in [5, 5.41) is 12.8. The van der Waals surface area contributed by atoms with E-state index in [1.807, 2.05) is 0 Å².